The van der Waals surface area contributed by atoms with Crippen LogP contribution in [0, 0.1) is 12.3 Å². The summed E-state index contributed by atoms with van der Waals surface area (Å²) in [5.41, 5.74) is 1.16. The summed E-state index contributed by atoms with van der Waals surface area (Å²) in [6.45, 7) is 5.55. The number of halogens is 1. The van der Waals surface area contributed by atoms with E-state index in [-0.39, 0.29) is 11.8 Å². The number of alkyl halides is 1. The molecule has 0 aliphatic rings. The Morgan fingerprint density at radius 1 is 1.47 bits per heavy atom. The van der Waals surface area contributed by atoms with Gasteiger partial charge >= 0.3 is 0 Å². The van der Waals surface area contributed by atoms with Crippen molar-refractivity contribution in [3.8, 4) is 5.75 Å². The van der Waals surface area contributed by atoms with E-state index >= 15 is 0 Å². The van der Waals surface area contributed by atoms with Gasteiger partial charge in [0.25, 0.3) is 0 Å². The van der Waals surface area contributed by atoms with E-state index in [2.05, 4.69) is 5.32 Å². The van der Waals surface area contributed by atoms with Crippen LogP contribution in [0.2, 0.25) is 0 Å². The molecule has 0 saturated heterocycles. The van der Waals surface area contributed by atoms with Gasteiger partial charge in [0.1, 0.15) is 5.75 Å². The first-order chi connectivity index (χ1) is 7.90. The van der Waals surface area contributed by atoms with Crippen molar-refractivity contribution in [2.24, 2.45) is 5.41 Å². The molecule has 1 amide bonds. The van der Waals surface area contributed by atoms with Crippen molar-refractivity contribution in [2.45, 2.75) is 20.8 Å². The van der Waals surface area contributed by atoms with Crippen molar-refractivity contribution in [3.63, 3.8) is 0 Å². The predicted molar refractivity (Wildman–Crippen MR) is 70.9 cm³/mol. The molecule has 4 heteroatoms. The summed E-state index contributed by atoms with van der Waals surface area (Å²) in [6, 6.07) is 5.52. The average molecular weight is 256 g/mol. The number of rotatable bonds is 4. The second-order valence-electron chi connectivity index (χ2n) is 4.66. The fourth-order valence-electron chi connectivity index (χ4n) is 1.32. The molecule has 17 heavy (non-hydrogen) atoms. The monoisotopic (exact) mass is 255 g/mol. The topological polar surface area (TPSA) is 38.3 Å². The quantitative estimate of drug-likeness (QED) is 0.839. The van der Waals surface area contributed by atoms with E-state index in [0.29, 0.717) is 0 Å². The van der Waals surface area contributed by atoms with Gasteiger partial charge < -0.3 is 10.1 Å². The molecule has 0 spiro atoms. The van der Waals surface area contributed by atoms with Crippen molar-refractivity contribution in [2.75, 3.05) is 18.3 Å². The standard InChI is InChI=1S/C13H18ClNO2/c1-9-7-10(5-6-11(9)17-4)15-12(16)13(2,3)8-14/h5-7H,8H2,1-4H3,(H,15,16). The number of benzene rings is 1. The summed E-state index contributed by atoms with van der Waals surface area (Å²) < 4.78 is 5.16. The van der Waals surface area contributed by atoms with Crippen LogP contribution in [-0.2, 0) is 4.79 Å². The zero-order valence-electron chi connectivity index (χ0n) is 10.6. The normalized spacial score (nSPS) is 11.1. The zero-order valence-corrected chi connectivity index (χ0v) is 11.4. The minimum Gasteiger partial charge on any atom is -0.496 e. The fourth-order valence-corrected chi connectivity index (χ4v) is 1.44. The molecule has 3 nitrogen and oxygen atoms in total. The van der Waals surface area contributed by atoms with Gasteiger partial charge in [0, 0.05) is 11.6 Å². The number of carbonyl (C=O) groups is 1. The first kappa shape index (κ1) is 13.8. The van der Waals surface area contributed by atoms with Crippen molar-refractivity contribution < 1.29 is 9.53 Å². The Bertz CT molecular complexity index is 416. The van der Waals surface area contributed by atoms with Gasteiger partial charge in [-0.1, -0.05) is 0 Å². The number of ether oxygens (including phenoxy) is 1. The molecule has 0 bridgehead atoms. The molecule has 1 N–H and O–H groups in total. The molecule has 0 heterocycles. The molecule has 0 fully saturated rings. The maximum Gasteiger partial charge on any atom is 0.231 e. The lowest BCUT2D eigenvalue weighted by atomic mass is 9.95. The van der Waals surface area contributed by atoms with E-state index < -0.39 is 5.41 Å². The predicted octanol–water partition coefficient (Wildman–Crippen LogP) is 3.21. The van der Waals surface area contributed by atoms with Gasteiger partial charge in [-0.25, -0.2) is 0 Å². The number of nitrogens with one attached hydrogen (secondary N) is 1. The first-order valence-electron chi connectivity index (χ1n) is 5.43. The van der Waals surface area contributed by atoms with Crippen LogP contribution in [0.15, 0.2) is 18.2 Å². The maximum atomic E-state index is 11.9. The van der Waals surface area contributed by atoms with E-state index in [0.717, 1.165) is 17.0 Å². The van der Waals surface area contributed by atoms with Crippen molar-refractivity contribution in [1.82, 2.24) is 0 Å². The SMILES string of the molecule is COc1ccc(NC(=O)C(C)(C)CCl)cc1C. The number of carbonyl (C=O) groups excluding carboxylic acids is 1. The number of anilines is 1. The van der Waals surface area contributed by atoms with E-state index in [1.807, 2.05) is 39.0 Å². The van der Waals surface area contributed by atoms with Gasteiger partial charge in [0.05, 0.1) is 12.5 Å². The number of aryl methyl sites for hydroxylation is 1. The second-order valence-corrected chi connectivity index (χ2v) is 4.92. The summed E-state index contributed by atoms with van der Waals surface area (Å²) in [7, 11) is 1.62. The highest BCUT2D eigenvalue weighted by Gasteiger charge is 2.26. The van der Waals surface area contributed by atoms with Crippen molar-refractivity contribution in [1.29, 1.82) is 0 Å². The summed E-state index contributed by atoms with van der Waals surface area (Å²) in [6.07, 6.45) is 0. The van der Waals surface area contributed by atoms with Crippen LogP contribution >= 0.6 is 11.6 Å². The van der Waals surface area contributed by atoms with Gasteiger partial charge in [0.2, 0.25) is 5.91 Å². The van der Waals surface area contributed by atoms with Crippen LogP contribution in [0.1, 0.15) is 19.4 Å². The molecular weight excluding hydrogens is 238 g/mol. The van der Waals surface area contributed by atoms with E-state index in [1.54, 1.807) is 7.11 Å². The van der Waals surface area contributed by atoms with Crippen molar-refractivity contribution in [3.05, 3.63) is 23.8 Å². The van der Waals surface area contributed by atoms with Gasteiger partial charge in [-0.05, 0) is 44.5 Å². The van der Waals surface area contributed by atoms with Crippen LogP contribution in [-0.4, -0.2) is 18.9 Å². The summed E-state index contributed by atoms with van der Waals surface area (Å²) in [5, 5.41) is 2.85. The fraction of sp³-hybridized carbons (Fsp3) is 0.462. The molecule has 0 radical (unpaired) electrons. The van der Waals surface area contributed by atoms with E-state index in [4.69, 9.17) is 16.3 Å². The second kappa shape index (κ2) is 5.41. The molecule has 0 aromatic heterocycles. The lowest BCUT2D eigenvalue weighted by Crippen LogP contribution is -2.32. The highest BCUT2D eigenvalue weighted by molar-refractivity contribution is 6.20. The van der Waals surface area contributed by atoms with Crippen LogP contribution in [0.5, 0.6) is 5.75 Å². The third-order valence-electron chi connectivity index (χ3n) is 2.60. The van der Waals surface area contributed by atoms with Crippen LogP contribution in [0.4, 0.5) is 5.69 Å². The van der Waals surface area contributed by atoms with Gasteiger partial charge in [-0.3, -0.25) is 4.79 Å². The first-order valence-corrected chi connectivity index (χ1v) is 5.96. The lowest BCUT2D eigenvalue weighted by molar-refractivity contribution is -0.122. The Kier molecular flexibility index (Phi) is 4.40. The zero-order chi connectivity index (χ0) is 13.1. The maximum absolute atomic E-state index is 11.9. The molecule has 0 aliphatic heterocycles. The molecule has 0 saturated carbocycles. The average Bonchev–Trinajstić information content (AvgIpc) is 2.29. The number of hydrogen-bond acceptors (Lipinski definition) is 2. The Balaban J connectivity index is 2.83. The Morgan fingerprint density at radius 2 is 2.12 bits per heavy atom. The highest BCUT2D eigenvalue weighted by atomic mass is 35.5. The minimum atomic E-state index is -0.574. The summed E-state index contributed by atoms with van der Waals surface area (Å²) in [5.74, 6) is 1.00. The molecule has 0 atom stereocenters. The van der Waals surface area contributed by atoms with E-state index in [1.165, 1.54) is 0 Å². The number of amides is 1. The number of methoxy groups -OCH3 is 1. The third-order valence-corrected chi connectivity index (χ3v) is 3.27. The van der Waals surface area contributed by atoms with Crippen LogP contribution in [0.3, 0.4) is 0 Å². The summed E-state index contributed by atoms with van der Waals surface area (Å²) >= 11 is 5.75. The molecule has 0 aliphatic carbocycles. The van der Waals surface area contributed by atoms with Crippen LogP contribution in [0.25, 0.3) is 0 Å². The number of hydrogen-bond donors (Lipinski definition) is 1. The lowest BCUT2D eigenvalue weighted by Gasteiger charge is -2.20. The van der Waals surface area contributed by atoms with Gasteiger partial charge in [-0.15, -0.1) is 11.6 Å². The van der Waals surface area contributed by atoms with Gasteiger partial charge in [0.15, 0.2) is 0 Å². The molecule has 1 aromatic rings. The third kappa shape index (κ3) is 3.37. The highest BCUT2D eigenvalue weighted by Crippen LogP contribution is 2.24. The van der Waals surface area contributed by atoms with Crippen LogP contribution < -0.4 is 10.1 Å². The largest absolute Gasteiger partial charge is 0.496 e. The molecule has 0 unspecified atom stereocenters. The molecule has 1 aromatic carbocycles. The van der Waals surface area contributed by atoms with E-state index in [9.17, 15) is 4.79 Å². The smallest absolute Gasteiger partial charge is 0.231 e. The Hall–Kier alpha value is -1.22. The minimum absolute atomic E-state index is 0.0860. The van der Waals surface area contributed by atoms with Gasteiger partial charge in [-0.2, -0.15) is 0 Å². The Labute approximate surface area is 107 Å². The molecule has 1 rings (SSSR count). The van der Waals surface area contributed by atoms with Crippen molar-refractivity contribution >= 4 is 23.2 Å². The molecular formula is C13H18ClNO2. The summed E-state index contributed by atoms with van der Waals surface area (Å²) in [4.78, 5) is 11.9. The molecule has 94 valence electrons. The Morgan fingerprint density at radius 3 is 2.59 bits per heavy atom.